The Morgan fingerprint density at radius 1 is 1.08 bits per heavy atom. The fraction of sp³-hybridized carbons (Fsp3) is 0.312. The van der Waals surface area contributed by atoms with E-state index in [1.54, 1.807) is 0 Å². The molecule has 2 N–H and O–H groups in total. The van der Waals surface area contributed by atoms with Crippen LogP contribution in [0.25, 0.3) is 0 Å². The van der Waals surface area contributed by atoms with Crippen LogP contribution < -0.4 is 10.9 Å². The molecule has 1 amide bonds. The zero-order valence-electron chi connectivity index (χ0n) is 13.0. The number of halogens is 3. The summed E-state index contributed by atoms with van der Waals surface area (Å²) in [5, 5.41) is 6.43. The van der Waals surface area contributed by atoms with Crippen molar-refractivity contribution in [3.8, 4) is 0 Å². The number of nitrogens with zero attached hydrogens (tertiary/aromatic N) is 2. The van der Waals surface area contributed by atoms with Crippen LogP contribution in [0.5, 0.6) is 0 Å². The lowest BCUT2D eigenvalue weighted by Gasteiger charge is -2.14. The van der Waals surface area contributed by atoms with Crippen molar-refractivity contribution in [1.29, 1.82) is 0 Å². The van der Waals surface area contributed by atoms with Crippen LogP contribution in [0.2, 0.25) is 0 Å². The van der Waals surface area contributed by atoms with Crippen molar-refractivity contribution >= 4 is 11.7 Å². The molecule has 1 aliphatic rings. The first kappa shape index (κ1) is 17.2. The number of ether oxygens (including phenoxy) is 1. The molecular weight excluding hydrogens is 337 g/mol. The molecule has 25 heavy (non-hydrogen) atoms. The van der Waals surface area contributed by atoms with Gasteiger partial charge in [0.25, 0.3) is 5.91 Å². The standard InChI is InChI=1S/C16H15F3N4O2/c17-16(18,19)13-8-9-14(21-20-13)22-23-15(24)12-7-6-11(25-12)10-4-2-1-3-5-10/h1-5,8-9,11-12H,6-7H2,(H,21,22)(H,23,24)/t11-,12+/m0/s1. The molecule has 2 aromatic rings. The Hall–Kier alpha value is -2.68. The van der Waals surface area contributed by atoms with Crippen LogP contribution >= 0.6 is 0 Å². The normalized spacial score (nSPS) is 20.3. The Morgan fingerprint density at radius 2 is 1.84 bits per heavy atom. The summed E-state index contributed by atoms with van der Waals surface area (Å²) in [5.41, 5.74) is 4.70. The Labute approximate surface area is 141 Å². The van der Waals surface area contributed by atoms with Crippen molar-refractivity contribution in [2.24, 2.45) is 0 Å². The number of carbonyl (C=O) groups is 1. The molecule has 1 saturated heterocycles. The van der Waals surface area contributed by atoms with E-state index in [0.29, 0.717) is 12.8 Å². The molecule has 6 nitrogen and oxygen atoms in total. The summed E-state index contributed by atoms with van der Waals surface area (Å²) < 4.78 is 42.9. The van der Waals surface area contributed by atoms with Crippen LogP contribution in [-0.4, -0.2) is 22.2 Å². The fourth-order valence-electron chi connectivity index (χ4n) is 2.50. The minimum Gasteiger partial charge on any atom is -0.360 e. The van der Waals surface area contributed by atoms with Gasteiger partial charge >= 0.3 is 6.18 Å². The molecule has 0 unspecified atom stereocenters. The predicted octanol–water partition coefficient (Wildman–Crippen LogP) is 2.86. The third kappa shape index (κ3) is 4.24. The van der Waals surface area contributed by atoms with Crippen LogP contribution in [0.4, 0.5) is 19.0 Å². The smallest absolute Gasteiger partial charge is 0.360 e. The third-order valence-electron chi connectivity index (χ3n) is 3.75. The minimum atomic E-state index is -4.56. The topological polar surface area (TPSA) is 76.1 Å². The largest absolute Gasteiger partial charge is 0.435 e. The van der Waals surface area contributed by atoms with E-state index in [9.17, 15) is 18.0 Å². The van der Waals surface area contributed by atoms with Gasteiger partial charge in [-0.05, 0) is 30.5 Å². The van der Waals surface area contributed by atoms with Crippen molar-refractivity contribution in [3.63, 3.8) is 0 Å². The highest BCUT2D eigenvalue weighted by atomic mass is 19.4. The molecule has 132 valence electrons. The van der Waals surface area contributed by atoms with Crippen molar-refractivity contribution in [2.75, 3.05) is 5.43 Å². The van der Waals surface area contributed by atoms with E-state index >= 15 is 0 Å². The van der Waals surface area contributed by atoms with Gasteiger partial charge < -0.3 is 4.74 Å². The summed E-state index contributed by atoms with van der Waals surface area (Å²) in [7, 11) is 0. The van der Waals surface area contributed by atoms with Crippen molar-refractivity contribution < 1.29 is 22.7 Å². The lowest BCUT2D eigenvalue weighted by Crippen LogP contribution is -2.38. The number of benzene rings is 1. The first-order chi connectivity index (χ1) is 11.9. The van der Waals surface area contributed by atoms with E-state index in [0.717, 1.165) is 17.7 Å². The van der Waals surface area contributed by atoms with Gasteiger partial charge in [0.05, 0.1) is 6.10 Å². The number of carbonyl (C=O) groups excluding carboxylic acids is 1. The lowest BCUT2D eigenvalue weighted by atomic mass is 10.1. The van der Waals surface area contributed by atoms with Crippen LogP contribution in [-0.2, 0) is 15.7 Å². The monoisotopic (exact) mass is 352 g/mol. The fourth-order valence-corrected chi connectivity index (χ4v) is 2.50. The van der Waals surface area contributed by atoms with E-state index in [4.69, 9.17) is 4.74 Å². The number of nitrogens with one attached hydrogen (secondary N) is 2. The average Bonchev–Trinajstić information content (AvgIpc) is 3.10. The van der Waals surface area contributed by atoms with E-state index in [1.807, 2.05) is 30.3 Å². The zero-order valence-corrected chi connectivity index (χ0v) is 13.0. The van der Waals surface area contributed by atoms with E-state index < -0.39 is 23.9 Å². The molecule has 0 spiro atoms. The highest BCUT2D eigenvalue weighted by Crippen LogP contribution is 2.32. The Morgan fingerprint density at radius 3 is 2.48 bits per heavy atom. The van der Waals surface area contributed by atoms with Crippen molar-refractivity contribution in [2.45, 2.75) is 31.2 Å². The number of anilines is 1. The van der Waals surface area contributed by atoms with Gasteiger partial charge in [0.15, 0.2) is 11.5 Å². The third-order valence-corrected chi connectivity index (χ3v) is 3.75. The lowest BCUT2D eigenvalue weighted by molar-refractivity contribution is -0.141. The van der Waals surface area contributed by atoms with Gasteiger partial charge in [-0.25, -0.2) is 0 Å². The molecule has 0 bridgehead atoms. The van der Waals surface area contributed by atoms with Crippen LogP contribution in [0.15, 0.2) is 42.5 Å². The number of aromatic nitrogens is 2. The SMILES string of the molecule is O=C(NNc1ccc(C(F)(F)F)nn1)[C@H]1CC[C@@H](c2ccccc2)O1. The van der Waals surface area contributed by atoms with Crippen LogP contribution in [0.1, 0.15) is 30.2 Å². The second-order valence-electron chi connectivity index (χ2n) is 5.52. The number of hydrogen-bond acceptors (Lipinski definition) is 5. The van der Waals surface area contributed by atoms with Gasteiger partial charge in [0.2, 0.25) is 0 Å². The second-order valence-corrected chi connectivity index (χ2v) is 5.52. The van der Waals surface area contributed by atoms with E-state index in [2.05, 4.69) is 21.0 Å². The summed E-state index contributed by atoms with van der Waals surface area (Å²) in [4.78, 5) is 12.1. The molecule has 1 aromatic carbocycles. The van der Waals surface area contributed by atoms with Gasteiger partial charge in [0.1, 0.15) is 6.10 Å². The number of amides is 1. The molecule has 2 atom stereocenters. The molecule has 1 fully saturated rings. The highest BCUT2D eigenvalue weighted by Gasteiger charge is 2.33. The van der Waals surface area contributed by atoms with Crippen LogP contribution in [0, 0.1) is 0 Å². The zero-order chi connectivity index (χ0) is 17.9. The van der Waals surface area contributed by atoms with Crippen molar-refractivity contribution in [1.82, 2.24) is 15.6 Å². The minimum absolute atomic E-state index is 0.000966. The molecule has 1 aromatic heterocycles. The molecule has 0 saturated carbocycles. The molecule has 1 aliphatic heterocycles. The summed E-state index contributed by atoms with van der Waals surface area (Å²) in [6, 6.07) is 11.4. The Bertz CT molecular complexity index is 722. The average molecular weight is 352 g/mol. The maximum atomic E-state index is 12.4. The highest BCUT2D eigenvalue weighted by molar-refractivity contribution is 5.82. The number of rotatable bonds is 4. The van der Waals surface area contributed by atoms with Crippen LogP contribution in [0.3, 0.4) is 0 Å². The van der Waals surface area contributed by atoms with Gasteiger partial charge in [-0.1, -0.05) is 30.3 Å². The van der Waals surface area contributed by atoms with Gasteiger partial charge in [0, 0.05) is 0 Å². The second kappa shape index (κ2) is 7.06. The predicted molar refractivity (Wildman–Crippen MR) is 82.1 cm³/mol. The van der Waals surface area contributed by atoms with Crippen molar-refractivity contribution in [3.05, 3.63) is 53.7 Å². The Balaban J connectivity index is 1.52. The number of hydrogen-bond donors (Lipinski definition) is 2. The van der Waals surface area contributed by atoms with E-state index in [1.165, 1.54) is 0 Å². The molecule has 9 heteroatoms. The maximum Gasteiger partial charge on any atom is 0.435 e. The summed E-state index contributed by atoms with van der Waals surface area (Å²) >= 11 is 0. The molecular formula is C16H15F3N4O2. The number of alkyl halides is 3. The molecule has 0 radical (unpaired) electrons. The summed E-state index contributed by atoms with van der Waals surface area (Å²) in [6.07, 6.45) is -4.09. The van der Waals surface area contributed by atoms with Gasteiger partial charge in [-0.2, -0.15) is 13.2 Å². The molecule has 2 heterocycles. The molecule has 0 aliphatic carbocycles. The summed E-state index contributed by atoms with van der Waals surface area (Å²) in [5.74, 6) is -0.418. The van der Waals surface area contributed by atoms with E-state index in [-0.39, 0.29) is 11.9 Å². The quantitative estimate of drug-likeness (QED) is 0.828. The van der Waals surface area contributed by atoms with Gasteiger partial charge in [-0.3, -0.25) is 15.6 Å². The first-order valence-corrected chi connectivity index (χ1v) is 7.60. The first-order valence-electron chi connectivity index (χ1n) is 7.60. The van der Waals surface area contributed by atoms with Gasteiger partial charge in [-0.15, -0.1) is 10.2 Å². The summed E-state index contributed by atoms with van der Waals surface area (Å²) in [6.45, 7) is 0. The number of hydrazine groups is 1. The Kier molecular flexibility index (Phi) is 4.84. The molecule has 3 rings (SSSR count). The maximum absolute atomic E-state index is 12.4.